The Bertz CT molecular complexity index is 638. The van der Waals surface area contributed by atoms with Gasteiger partial charge in [-0.15, -0.1) is 0 Å². The number of hydrogen-bond acceptors (Lipinski definition) is 4. The molecule has 102 valence electrons. The van der Waals surface area contributed by atoms with Gasteiger partial charge in [0.2, 0.25) is 0 Å². The number of nitrogens with zero attached hydrogens (tertiary/aromatic N) is 1. The summed E-state index contributed by atoms with van der Waals surface area (Å²) in [5.74, 6) is -1.58. The van der Waals surface area contributed by atoms with Crippen LogP contribution in [0.15, 0.2) is 42.7 Å². The second-order valence-corrected chi connectivity index (χ2v) is 4.04. The van der Waals surface area contributed by atoms with E-state index < -0.39 is 11.9 Å². The Balaban J connectivity index is 2.21. The molecule has 0 aliphatic carbocycles. The quantitative estimate of drug-likeness (QED) is 0.783. The van der Waals surface area contributed by atoms with Gasteiger partial charge in [-0.3, -0.25) is 9.78 Å². The van der Waals surface area contributed by atoms with Gasteiger partial charge in [0, 0.05) is 11.8 Å². The number of pyridine rings is 1. The van der Waals surface area contributed by atoms with E-state index in [0.717, 1.165) is 0 Å². The third kappa shape index (κ3) is 2.99. The molecule has 1 amide bonds. The largest absolute Gasteiger partial charge is 0.478 e. The number of aromatic carboxylic acids is 1. The van der Waals surface area contributed by atoms with Crippen LogP contribution in [0.2, 0.25) is 0 Å². The van der Waals surface area contributed by atoms with Gasteiger partial charge in [0.1, 0.15) is 0 Å². The highest BCUT2D eigenvalue weighted by Gasteiger charge is 2.13. The van der Waals surface area contributed by atoms with E-state index in [2.05, 4.69) is 10.3 Å². The van der Waals surface area contributed by atoms with Gasteiger partial charge >= 0.3 is 5.97 Å². The molecule has 1 aromatic heterocycles. The highest BCUT2D eigenvalue weighted by atomic mass is 16.4. The lowest BCUT2D eigenvalue weighted by atomic mass is 10.1. The SMILES string of the molecule is O=C(Nc1cnccc1C(=O)O)c1ccc(CO)cc1. The van der Waals surface area contributed by atoms with E-state index in [0.29, 0.717) is 11.1 Å². The van der Waals surface area contributed by atoms with Gasteiger partial charge in [-0.25, -0.2) is 4.79 Å². The number of aromatic nitrogens is 1. The molecule has 1 heterocycles. The Kier molecular flexibility index (Phi) is 4.07. The van der Waals surface area contributed by atoms with Gasteiger partial charge in [0.15, 0.2) is 0 Å². The Morgan fingerprint density at radius 1 is 1.15 bits per heavy atom. The van der Waals surface area contributed by atoms with Crippen molar-refractivity contribution in [1.29, 1.82) is 0 Å². The maximum absolute atomic E-state index is 12.0. The standard InChI is InChI=1S/C14H12N2O4/c17-8-9-1-3-10(4-2-9)13(18)16-12-7-15-6-5-11(12)14(19)20/h1-7,17H,8H2,(H,16,18)(H,19,20). The number of carbonyl (C=O) groups is 2. The van der Waals surface area contributed by atoms with E-state index in [1.54, 1.807) is 24.3 Å². The summed E-state index contributed by atoms with van der Waals surface area (Å²) in [5.41, 5.74) is 1.16. The van der Waals surface area contributed by atoms with Gasteiger partial charge < -0.3 is 15.5 Å². The number of nitrogens with one attached hydrogen (secondary N) is 1. The number of carbonyl (C=O) groups excluding carboxylic acids is 1. The molecule has 2 aromatic rings. The Morgan fingerprint density at radius 2 is 1.85 bits per heavy atom. The Labute approximate surface area is 114 Å². The van der Waals surface area contributed by atoms with Crippen molar-refractivity contribution in [3.63, 3.8) is 0 Å². The second kappa shape index (κ2) is 5.94. The number of amides is 1. The monoisotopic (exact) mass is 272 g/mol. The summed E-state index contributed by atoms with van der Waals surface area (Å²) in [7, 11) is 0. The highest BCUT2D eigenvalue weighted by Crippen LogP contribution is 2.15. The van der Waals surface area contributed by atoms with Crippen LogP contribution in [-0.4, -0.2) is 27.1 Å². The predicted octanol–water partition coefficient (Wildman–Crippen LogP) is 1.52. The average Bonchev–Trinajstić information content (AvgIpc) is 2.47. The van der Waals surface area contributed by atoms with E-state index in [9.17, 15) is 9.59 Å². The lowest BCUT2D eigenvalue weighted by molar-refractivity contribution is 0.0698. The summed E-state index contributed by atoms with van der Waals surface area (Å²) in [6.07, 6.45) is 2.62. The summed E-state index contributed by atoms with van der Waals surface area (Å²) in [5, 5.41) is 20.4. The first-order valence-corrected chi connectivity index (χ1v) is 5.80. The lowest BCUT2D eigenvalue weighted by Gasteiger charge is -2.08. The number of anilines is 1. The molecule has 3 N–H and O–H groups in total. The minimum Gasteiger partial charge on any atom is -0.478 e. The van der Waals surface area contributed by atoms with Gasteiger partial charge in [0.05, 0.1) is 24.1 Å². The molecule has 1 aromatic carbocycles. The van der Waals surface area contributed by atoms with Crippen molar-refractivity contribution in [2.24, 2.45) is 0 Å². The van der Waals surface area contributed by atoms with Crippen LogP contribution in [0.1, 0.15) is 26.3 Å². The number of carboxylic acids is 1. The first-order valence-electron chi connectivity index (χ1n) is 5.80. The molecule has 0 aliphatic rings. The number of hydrogen-bond donors (Lipinski definition) is 3. The molecule has 20 heavy (non-hydrogen) atoms. The molecule has 0 spiro atoms. The molecule has 0 radical (unpaired) electrons. The molecular formula is C14H12N2O4. The van der Waals surface area contributed by atoms with Gasteiger partial charge in [-0.1, -0.05) is 12.1 Å². The third-order valence-electron chi connectivity index (χ3n) is 2.70. The summed E-state index contributed by atoms with van der Waals surface area (Å²) in [6.45, 7) is -0.104. The van der Waals surface area contributed by atoms with Crippen LogP contribution in [0, 0.1) is 0 Å². The number of benzene rings is 1. The van der Waals surface area contributed by atoms with E-state index in [-0.39, 0.29) is 17.9 Å². The summed E-state index contributed by atoms with van der Waals surface area (Å²) in [6, 6.07) is 7.66. The third-order valence-corrected chi connectivity index (χ3v) is 2.70. The molecular weight excluding hydrogens is 260 g/mol. The molecule has 0 atom stereocenters. The van der Waals surface area contributed by atoms with Crippen molar-refractivity contribution in [3.05, 3.63) is 59.4 Å². The van der Waals surface area contributed by atoms with Gasteiger partial charge in [0.25, 0.3) is 5.91 Å². The second-order valence-electron chi connectivity index (χ2n) is 4.04. The predicted molar refractivity (Wildman–Crippen MR) is 71.5 cm³/mol. The van der Waals surface area contributed by atoms with Crippen LogP contribution >= 0.6 is 0 Å². The molecule has 0 bridgehead atoms. The van der Waals surface area contributed by atoms with Crippen molar-refractivity contribution in [2.45, 2.75) is 6.61 Å². The number of rotatable bonds is 4. The van der Waals surface area contributed by atoms with E-state index in [4.69, 9.17) is 10.2 Å². The molecule has 6 nitrogen and oxygen atoms in total. The molecule has 0 saturated heterocycles. The molecule has 0 saturated carbocycles. The van der Waals surface area contributed by atoms with Crippen molar-refractivity contribution in [2.75, 3.05) is 5.32 Å². The van der Waals surface area contributed by atoms with E-state index in [1.807, 2.05) is 0 Å². The van der Waals surface area contributed by atoms with Crippen molar-refractivity contribution < 1.29 is 19.8 Å². The molecule has 0 unspecified atom stereocenters. The molecule has 0 aliphatic heterocycles. The number of carboxylic acid groups (broad SMARTS) is 1. The maximum atomic E-state index is 12.0. The van der Waals surface area contributed by atoms with Gasteiger partial charge in [-0.05, 0) is 23.8 Å². The Morgan fingerprint density at radius 3 is 2.45 bits per heavy atom. The fourth-order valence-electron chi connectivity index (χ4n) is 1.64. The summed E-state index contributed by atoms with van der Waals surface area (Å²) >= 11 is 0. The average molecular weight is 272 g/mol. The number of aliphatic hydroxyl groups excluding tert-OH is 1. The van der Waals surface area contributed by atoms with Crippen LogP contribution in [-0.2, 0) is 6.61 Å². The molecule has 0 fully saturated rings. The van der Waals surface area contributed by atoms with Crippen LogP contribution < -0.4 is 5.32 Å². The van der Waals surface area contributed by atoms with E-state index in [1.165, 1.54) is 18.5 Å². The zero-order valence-corrected chi connectivity index (χ0v) is 10.4. The van der Waals surface area contributed by atoms with Crippen LogP contribution in [0.5, 0.6) is 0 Å². The zero-order valence-electron chi connectivity index (χ0n) is 10.4. The summed E-state index contributed by atoms with van der Waals surface area (Å²) in [4.78, 5) is 26.8. The maximum Gasteiger partial charge on any atom is 0.337 e. The topological polar surface area (TPSA) is 99.5 Å². The first kappa shape index (κ1) is 13.7. The normalized spacial score (nSPS) is 10.1. The highest BCUT2D eigenvalue weighted by molar-refractivity contribution is 6.07. The fourth-order valence-corrected chi connectivity index (χ4v) is 1.64. The number of aliphatic hydroxyl groups is 1. The van der Waals surface area contributed by atoms with Crippen molar-refractivity contribution in [3.8, 4) is 0 Å². The summed E-state index contributed by atoms with van der Waals surface area (Å²) < 4.78 is 0. The smallest absolute Gasteiger partial charge is 0.337 e. The molecule has 6 heteroatoms. The minimum atomic E-state index is -1.14. The molecule has 2 rings (SSSR count). The van der Waals surface area contributed by atoms with Crippen LogP contribution in [0.4, 0.5) is 5.69 Å². The van der Waals surface area contributed by atoms with Crippen LogP contribution in [0.25, 0.3) is 0 Å². The Hall–Kier alpha value is -2.73. The van der Waals surface area contributed by atoms with Crippen molar-refractivity contribution in [1.82, 2.24) is 4.98 Å². The first-order chi connectivity index (χ1) is 9.61. The van der Waals surface area contributed by atoms with Crippen molar-refractivity contribution >= 4 is 17.6 Å². The zero-order chi connectivity index (χ0) is 14.5. The van der Waals surface area contributed by atoms with E-state index >= 15 is 0 Å². The van der Waals surface area contributed by atoms with Crippen LogP contribution in [0.3, 0.4) is 0 Å². The minimum absolute atomic E-state index is 0.0275. The fraction of sp³-hybridized carbons (Fsp3) is 0.0714. The van der Waals surface area contributed by atoms with Gasteiger partial charge in [-0.2, -0.15) is 0 Å². The lowest BCUT2D eigenvalue weighted by Crippen LogP contribution is -2.15.